The molecule has 1 unspecified atom stereocenters. The molecule has 0 aliphatic heterocycles. The Labute approximate surface area is 97.6 Å². The Hall–Kier alpha value is -1.05. The predicted molar refractivity (Wildman–Crippen MR) is 40.6 cm³/mol. The zero-order valence-electron chi connectivity index (χ0n) is 8.13. The summed E-state index contributed by atoms with van der Waals surface area (Å²) in [5.41, 5.74) is 0. The van der Waals surface area contributed by atoms with Gasteiger partial charge in [0.25, 0.3) is 0 Å². The van der Waals surface area contributed by atoms with Crippen LogP contribution in [-0.2, 0) is 38.6 Å². The second kappa shape index (κ2) is 9.51. The van der Waals surface area contributed by atoms with Gasteiger partial charge in [-0.05, 0) is 0 Å². The van der Waals surface area contributed by atoms with Crippen molar-refractivity contribution in [1.82, 2.24) is 6.15 Å². The number of ether oxygens (including phenoxy) is 1. The van der Waals surface area contributed by atoms with Crippen LogP contribution < -0.4 is 11.3 Å². The molecule has 15 heavy (non-hydrogen) atoms. The second-order valence-electron chi connectivity index (χ2n) is 2.11. The van der Waals surface area contributed by atoms with Gasteiger partial charge in [0.1, 0.15) is 6.61 Å². The Kier molecular flexibility index (Phi) is 12.4. The number of hydrogen-bond donors (Lipinski definition) is 3. The number of carbonyl (C=O) groups excluding carboxylic acids is 1. The first kappa shape index (κ1) is 19.5. The zero-order valence-corrected chi connectivity index (χ0v) is 11.1. The number of carboxylic acid groups (broad SMARTS) is 3. The van der Waals surface area contributed by atoms with Crippen LogP contribution in [0.3, 0.4) is 0 Å². The summed E-state index contributed by atoms with van der Waals surface area (Å²) in [7, 11) is 0. The molecule has 0 fully saturated rings. The number of carboxylic acids is 3. The maximum absolute atomic E-state index is 10.2. The van der Waals surface area contributed by atoms with Gasteiger partial charge in [0.15, 0.2) is 6.10 Å². The summed E-state index contributed by atoms with van der Waals surface area (Å²) in [4.78, 5) is 30.1. The topological polar surface area (TPSA) is 160 Å². The van der Waals surface area contributed by atoms with Crippen molar-refractivity contribution in [2.75, 3.05) is 6.61 Å². The van der Waals surface area contributed by atoms with Crippen molar-refractivity contribution in [3.63, 3.8) is 0 Å². The zero-order chi connectivity index (χ0) is 10.4. The number of rotatable bonds is 6. The van der Waals surface area contributed by atoms with E-state index in [1.165, 1.54) is 0 Å². The van der Waals surface area contributed by atoms with Crippen LogP contribution in [0.15, 0.2) is 0 Å². The third-order valence-electron chi connectivity index (χ3n) is 1.04. The van der Waals surface area contributed by atoms with Gasteiger partial charge < -0.3 is 31.0 Å². The van der Waals surface area contributed by atoms with E-state index in [0.29, 0.717) is 0 Å². The van der Waals surface area contributed by atoms with Gasteiger partial charge in [0.2, 0.25) is 0 Å². The minimum Gasteiger partial charge on any atom is -0.550 e. The van der Waals surface area contributed by atoms with Gasteiger partial charge in [0.05, 0.1) is 0 Å². The van der Waals surface area contributed by atoms with Gasteiger partial charge in [-0.15, -0.1) is 0 Å². The van der Waals surface area contributed by atoms with Crippen molar-refractivity contribution in [3.8, 4) is 0 Å². The van der Waals surface area contributed by atoms with Crippen molar-refractivity contribution < 1.29 is 53.9 Å². The molecule has 0 rings (SSSR count). The molecular weight excluding hydrogens is 263 g/mol. The quantitative estimate of drug-likeness (QED) is 0.474. The molecule has 0 heterocycles. The van der Waals surface area contributed by atoms with Gasteiger partial charge in [0, 0.05) is 31.9 Å². The molecule has 0 aromatic heterocycles. The first-order valence-corrected chi connectivity index (χ1v) is 3.19. The van der Waals surface area contributed by atoms with E-state index >= 15 is 0 Å². The average Bonchev–Trinajstić information content (AvgIpc) is 1.96. The molecule has 0 spiro atoms. The fourth-order valence-corrected chi connectivity index (χ4v) is 0.541. The van der Waals surface area contributed by atoms with E-state index in [9.17, 15) is 19.5 Å². The summed E-state index contributed by atoms with van der Waals surface area (Å²) in [6.07, 6.45) is -2.55. The van der Waals surface area contributed by atoms with Crippen LogP contribution in [-0.4, -0.2) is 40.8 Å². The molecule has 9 heteroatoms. The Morgan fingerprint density at radius 3 is 2.00 bits per heavy atom. The molecule has 0 saturated carbocycles. The molecule has 84 valence electrons. The molecule has 0 aliphatic carbocycles. The van der Waals surface area contributed by atoms with Gasteiger partial charge in [-0.25, -0.2) is 9.59 Å². The van der Waals surface area contributed by atoms with Crippen LogP contribution in [0.5, 0.6) is 0 Å². The smallest absolute Gasteiger partial charge is 0.333 e. The molecular formula is C6H11NO7Zn. The fraction of sp³-hybridized carbons (Fsp3) is 0.500. The molecule has 1 atom stereocenters. The van der Waals surface area contributed by atoms with Crippen LogP contribution >= 0.6 is 0 Å². The number of quaternary nitrogens is 1. The number of aliphatic carboxylic acids is 3. The molecule has 0 aliphatic rings. The summed E-state index contributed by atoms with van der Waals surface area (Å²) in [6, 6.07) is 0. The number of carbonyl (C=O) groups is 3. The van der Waals surface area contributed by atoms with Gasteiger partial charge in [-0.2, -0.15) is 0 Å². The summed E-state index contributed by atoms with van der Waals surface area (Å²) < 4.78 is 4.26. The van der Waals surface area contributed by atoms with E-state index in [0.717, 1.165) is 0 Å². The maximum Gasteiger partial charge on any atom is 0.333 e. The summed E-state index contributed by atoms with van der Waals surface area (Å²) >= 11 is 0. The molecule has 0 aromatic rings. The van der Waals surface area contributed by atoms with Crippen molar-refractivity contribution in [1.29, 1.82) is 0 Å². The van der Waals surface area contributed by atoms with E-state index in [4.69, 9.17) is 10.2 Å². The molecule has 0 aromatic carbocycles. The van der Waals surface area contributed by atoms with Crippen molar-refractivity contribution in [2.45, 2.75) is 12.5 Å². The Bertz CT molecular complexity index is 232. The van der Waals surface area contributed by atoms with E-state index in [1.54, 1.807) is 0 Å². The minimum atomic E-state index is -1.68. The van der Waals surface area contributed by atoms with E-state index < -0.39 is 37.0 Å². The molecule has 0 bridgehead atoms. The van der Waals surface area contributed by atoms with Crippen LogP contribution in [0.4, 0.5) is 0 Å². The molecule has 8 nitrogen and oxygen atoms in total. The first-order valence-electron chi connectivity index (χ1n) is 3.19. The normalized spacial score (nSPS) is 10.4. The van der Waals surface area contributed by atoms with Gasteiger partial charge in [-0.1, -0.05) is 0 Å². The summed E-state index contributed by atoms with van der Waals surface area (Å²) in [5.74, 6) is -4.52. The van der Waals surface area contributed by atoms with Gasteiger partial charge >= 0.3 is 11.9 Å². The molecule has 0 amide bonds. The molecule has 0 saturated heterocycles. The summed E-state index contributed by atoms with van der Waals surface area (Å²) in [6.45, 7) is -0.857. The average molecular weight is 275 g/mol. The summed E-state index contributed by atoms with van der Waals surface area (Å²) in [5, 5.41) is 26.4. The Morgan fingerprint density at radius 1 is 1.27 bits per heavy atom. The monoisotopic (exact) mass is 273 g/mol. The van der Waals surface area contributed by atoms with E-state index in [1.807, 2.05) is 0 Å². The third kappa shape index (κ3) is 10.9. The largest absolute Gasteiger partial charge is 0.550 e. The van der Waals surface area contributed by atoms with E-state index in [2.05, 4.69) is 4.74 Å². The predicted octanol–water partition coefficient (Wildman–Crippen LogP) is -1.95. The van der Waals surface area contributed by atoms with E-state index in [-0.39, 0.29) is 25.6 Å². The van der Waals surface area contributed by atoms with Crippen molar-refractivity contribution >= 4 is 17.9 Å². The van der Waals surface area contributed by atoms with Crippen LogP contribution in [0.1, 0.15) is 6.42 Å². The van der Waals surface area contributed by atoms with Crippen LogP contribution in [0.25, 0.3) is 0 Å². The first-order chi connectivity index (χ1) is 5.93. The Morgan fingerprint density at radius 2 is 1.73 bits per heavy atom. The maximum atomic E-state index is 10.2. The number of hydrogen-bond acceptors (Lipinski definition) is 5. The van der Waals surface area contributed by atoms with Crippen molar-refractivity contribution in [3.05, 3.63) is 0 Å². The third-order valence-corrected chi connectivity index (χ3v) is 1.04. The van der Waals surface area contributed by atoms with Gasteiger partial charge in [-0.3, -0.25) is 0 Å². The molecule has 6 N–H and O–H groups in total. The van der Waals surface area contributed by atoms with Crippen LogP contribution in [0.2, 0.25) is 0 Å². The minimum absolute atomic E-state index is 0. The standard InChI is InChI=1S/C6H8O7.H3N.Zn/c7-4(8)1-3(6(11)12)13-2-5(9)10;;/h3H,1-2H2,(H,7,8)(H,9,10)(H,11,12);1H3;. The second-order valence-corrected chi connectivity index (χ2v) is 2.11. The fourth-order valence-electron chi connectivity index (χ4n) is 0.541. The Balaban J connectivity index is -0.000000720. The molecule has 0 radical (unpaired) electrons. The van der Waals surface area contributed by atoms with Crippen LogP contribution in [0, 0.1) is 0 Å². The SMILES string of the molecule is O=C([O-])CC(OCC(=O)O)C(=O)O.[NH4+].[Zn]. The van der Waals surface area contributed by atoms with Crippen molar-refractivity contribution in [2.24, 2.45) is 0 Å².